The lowest BCUT2D eigenvalue weighted by Crippen LogP contribution is -2.30. The van der Waals surface area contributed by atoms with Crippen molar-refractivity contribution in [2.45, 2.75) is 33.8 Å². The van der Waals surface area contributed by atoms with E-state index >= 15 is 0 Å². The van der Waals surface area contributed by atoms with Crippen molar-refractivity contribution in [3.8, 4) is 5.75 Å². The van der Waals surface area contributed by atoms with E-state index in [1.54, 1.807) is 19.1 Å². The lowest BCUT2D eigenvalue weighted by atomic mass is 10.1. The SMILES string of the molecule is Cc1ccc(OC(C)C(=O)Nc2cc(Cl)ccc2C)cc1C. The van der Waals surface area contributed by atoms with Crippen LogP contribution in [0.3, 0.4) is 0 Å². The number of nitrogens with one attached hydrogen (secondary N) is 1. The zero-order chi connectivity index (χ0) is 16.3. The molecule has 116 valence electrons. The zero-order valence-electron chi connectivity index (χ0n) is 13.2. The Morgan fingerprint density at radius 3 is 2.41 bits per heavy atom. The third kappa shape index (κ3) is 4.01. The number of anilines is 1. The summed E-state index contributed by atoms with van der Waals surface area (Å²) in [6, 6.07) is 11.2. The van der Waals surface area contributed by atoms with Gasteiger partial charge in [-0.3, -0.25) is 4.79 Å². The quantitative estimate of drug-likeness (QED) is 0.889. The molecule has 1 amide bonds. The first-order chi connectivity index (χ1) is 10.4. The Hall–Kier alpha value is -2.00. The standard InChI is InChI=1S/C18H20ClNO2/c1-11-6-8-16(9-13(11)3)22-14(4)18(21)20-17-10-15(19)7-5-12(17)2/h5-10,14H,1-4H3,(H,20,21). The molecule has 1 N–H and O–H groups in total. The van der Waals surface area contributed by atoms with Crippen molar-refractivity contribution in [2.24, 2.45) is 0 Å². The number of carbonyl (C=O) groups is 1. The predicted molar refractivity (Wildman–Crippen MR) is 90.8 cm³/mol. The highest BCUT2D eigenvalue weighted by atomic mass is 35.5. The van der Waals surface area contributed by atoms with E-state index in [9.17, 15) is 4.79 Å². The molecule has 0 saturated heterocycles. The molecule has 3 nitrogen and oxygen atoms in total. The molecule has 0 bridgehead atoms. The Morgan fingerprint density at radius 2 is 1.73 bits per heavy atom. The molecule has 0 saturated carbocycles. The maximum absolute atomic E-state index is 12.3. The van der Waals surface area contributed by atoms with Gasteiger partial charge in [0.15, 0.2) is 6.10 Å². The van der Waals surface area contributed by atoms with Crippen LogP contribution in [0.5, 0.6) is 5.75 Å². The van der Waals surface area contributed by atoms with Gasteiger partial charge in [0.2, 0.25) is 0 Å². The van der Waals surface area contributed by atoms with Crippen molar-refractivity contribution < 1.29 is 9.53 Å². The van der Waals surface area contributed by atoms with E-state index in [0.717, 1.165) is 11.1 Å². The Kier molecular flexibility index (Phi) is 5.09. The number of hydrogen-bond donors (Lipinski definition) is 1. The Balaban J connectivity index is 2.05. The normalized spacial score (nSPS) is 11.9. The van der Waals surface area contributed by atoms with Crippen molar-refractivity contribution in [2.75, 3.05) is 5.32 Å². The van der Waals surface area contributed by atoms with E-state index in [1.807, 2.05) is 45.0 Å². The number of halogens is 1. The van der Waals surface area contributed by atoms with Crippen molar-refractivity contribution in [3.05, 3.63) is 58.1 Å². The van der Waals surface area contributed by atoms with E-state index in [1.165, 1.54) is 5.56 Å². The van der Waals surface area contributed by atoms with Crippen LogP contribution >= 0.6 is 11.6 Å². The number of aryl methyl sites for hydroxylation is 3. The van der Waals surface area contributed by atoms with E-state index < -0.39 is 6.10 Å². The highest BCUT2D eigenvalue weighted by Gasteiger charge is 2.16. The largest absolute Gasteiger partial charge is 0.481 e. The van der Waals surface area contributed by atoms with Crippen LogP contribution in [0.25, 0.3) is 0 Å². The van der Waals surface area contributed by atoms with Crippen LogP contribution in [0, 0.1) is 20.8 Å². The highest BCUT2D eigenvalue weighted by molar-refractivity contribution is 6.31. The third-order valence-corrected chi connectivity index (χ3v) is 3.85. The number of hydrogen-bond acceptors (Lipinski definition) is 2. The molecule has 0 aromatic heterocycles. The fraction of sp³-hybridized carbons (Fsp3) is 0.278. The third-order valence-electron chi connectivity index (χ3n) is 3.62. The molecule has 0 aliphatic heterocycles. The summed E-state index contributed by atoms with van der Waals surface area (Å²) in [6.45, 7) is 7.70. The average Bonchev–Trinajstić information content (AvgIpc) is 2.46. The first-order valence-corrected chi connectivity index (χ1v) is 7.55. The summed E-state index contributed by atoms with van der Waals surface area (Å²) in [5, 5.41) is 3.44. The van der Waals surface area contributed by atoms with Gasteiger partial charge in [0.25, 0.3) is 5.91 Å². The number of ether oxygens (including phenoxy) is 1. The van der Waals surface area contributed by atoms with Gasteiger partial charge in [-0.1, -0.05) is 23.7 Å². The van der Waals surface area contributed by atoms with Crippen molar-refractivity contribution in [1.82, 2.24) is 0 Å². The van der Waals surface area contributed by atoms with Gasteiger partial charge < -0.3 is 10.1 Å². The lowest BCUT2D eigenvalue weighted by molar-refractivity contribution is -0.122. The number of rotatable bonds is 4. The molecule has 2 rings (SSSR count). The van der Waals surface area contributed by atoms with Crippen molar-refractivity contribution in [3.63, 3.8) is 0 Å². The summed E-state index contributed by atoms with van der Waals surface area (Å²) < 4.78 is 5.71. The fourth-order valence-corrected chi connectivity index (χ4v) is 2.18. The minimum absolute atomic E-state index is 0.205. The van der Waals surface area contributed by atoms with E-state index in [4.69, 9.17) is 16.3 Å². The molecule has 0 spiro atoms. The molecule has 1 atom stereocenters. The van der Waals surface area contributed by atoms with Crippen LogP contribution in [0.15, 0.2) is 36.4 Å². The maximum Gasteiger partial charge on any atom is 0.265 e. The molecule has 4 heteroatoms. The van der Waals surface area contributed by atoms with Crippen LogP contribution < -0.4 is 10.1 Å². The maximum atomic E-state index is 12.3. The van der Waals surface area contributed by atoms with Crippen LogP contribution in [0.2, 0.25) is 5.02 Å². The lowest BCUT2D eigenvalue weighted by Gasteiger charge is -2.16. The second kappa shape index (κ2) is 6.84. The number of benzene rings is 2. The van der Waals surface area contributed by atoms with Gasteiger partial charge in [-0.25, -0.2) is 0 Å². The highest BCUT2D eigenvalue weighted by Crippen LogP contribution is 2.21. The van der Waals surface area contributed by atoms with Crippen molar-refractivity contribution >= 4 is 23.2 Å². The first kappa shape index (κ1) is 16.4. The van der Waals surface area contributed by atoms with E-state index in [-0.39, 0.29) is 5.91 Å². The van der Waals surface area contributed by atoms with Crippen molar-refractivity contribution in [1.29, 1.82) is 0 Å². The molecule has 2 aromatic carbocycles. The summed E-state index contributed by atoms with van der Waals surface area (Å²) in [5.41, 5.74) is 3.99. The van der Waals surface area contributed by atoms with E-state index in [0.29, 0.717) is 16.5 Å². The molecule has 22 heavy (non-hydrogen) atoms. The Morgan fingerprint density at radius 1 is 1.05 bits per heavy atom. The van der Waals surface area contributed by atoms with Gasteiger partial charge in [-0.05, 0) is 68.7 Å². The zero-order valence-corrected chi connectivity index (χ0v) is 14.0. The van der Waals surface area contributed by atoms with Gasteiger partial charge in [0.05, 0.1) is 0 Å². The Bertz CT molecular complexity index is 697. The molecule has 2 aromatic rings. The minimum atomic E-state index is -0.597. The summed E-state index contributed by atoms with van der Waals surface area (Å²) in [5.74, 6) is 0.483. The molecule has 1 unspecified atom stereocenters. The topological polar surface area (TPSA) is 38.3 Å². The van der Waals surface area contributed by atoms with Gasteiger partial charge >= 0.3 is 0 Å². The fourth-order valence-electron chi connectivity index (χ4n) is 2.01. The van der Waals surface area contributed by atoms with Gasteiger partial charge in [0.1, 0.15) is 5.75 Å². The number of carbonyl (C=O) groups excluding carboxylic acids is 1. The summed E-state index contributed by atoms with van der Waals surface area (Å²) in [7, 11) is 0. The van der Waals surface area contributed by atoms with Gasteiger partial charge in [-0.15, -0.1) is 0 Å². The molecule has 0 aliphatic carbocycles. The molecular weight excluding hydrogens is 298 g/mol. The second-order valence-electron chi connectivity index (χ2n) is 5.45. The molecule has 0 radical (unpaired) electrons. The first-order valence-electron chi connectivity index (χ1n) is 7.18. The Labute approximate surface area is 136 Å². The monoisotopic (exact) mass is 317 g/mol. The molecule has 0 aliphatic rings. The van der Waals surface area contributed by atoms with Crippen LogP contribution in [0.1, 0.15) is 23.6 Å². The van der Waals surface area contributed by atoms with Gasteiger partial charge in [-0.2, -0.15) is 0 Å². The average molecular weight is 318 g/mol. The van der Waals surface area contributed by atoms with Crippen LogP contribution in [-0.4, -0.2) is 12.0 Å². The van der Waals surface area contributed by atoms with Gasteiger partial charge in [0, 0.05) is 10.7 Å². The van der Waals surface area contributed by atoms with E-state index in [2.05, 4.69) is 5.32 Å². The summed E-state index contributed by atoms with van der Waals surface area (Å²) in [4.78, 5) is 12.3. The predicted octanol–water partition coefficient (Wildman–Crippen LogP) is 4.67. The van der Waals surface area contributed by atoms with Crippen LogP contribution in [-0.2, 0) is 4.79 Å². The molecule has 0 heterocycles. The molecule has 0 fully saturated rings. The number of amides is 1. The smallest absolute Gasteiger partial charge is 0.265 e. The minimum Gasteiger partial charge on any atom is -0.481 e. The summed E-state index contributed by atoms with van der Waals surface area (Å²) in [6.07, 6.45) is -0.597. The summed E-state index contributed by atoms with van der Waals surface area (Å²) >= 11 is 5.96. The van der Waals surface area contributed by atoms with Crippen LogP contribution in [0.4, 0.5) is 5.69 Å². The molecular formula is C18H20ClNO2. The second-order valence-corrected chi connectivity index (χ2v) is 5.89.